The van der Waals surface area contributed by atoms with Gasteiger partial charge in [-0.2, -0.15) is 0 Å². The van der Waals surface area contributed by atoms with Crippen LogP contribution in [0.1, 0.15) is 47.5 Å². The molecule has 0 bridgehead atoms. The van der Waals surface area contributed by atoms with E-state index in [9.17, 15) is 4.79 Å². The van der Waals surface area contributed by atoms with Gasteiger partial charge < -0.3 is 10.1 Å². The first-order valence-corrected chi connectivity index (χ1v) is 5.69. The van der Waals surface area contributed by atoms with Gasteiger partial charge in [-0.05, 0) is 39.5 Å². The molecule has 0 fully saturated rings. The molecule has 0 rings (SSSR count). The minimum absolute atomic E-state index is 0.0443. The van der Waals surface area contributed by atoms with Crippen LogP contribution >= 0.6 is 0 Å². The van der Waals surface area contributed by atoms with Gasteiger partial charge in [-0.1, -0.05) is 6.92 Å². The van der Waals surface area contributed by atoms with Crippen LogP contribution in [0.25, 0.3) is 0 Å². The molecule has 0 spiro atoms. The number of nitrogens with one attached hydrogen (secondary N) is 1. The molecule has 0 aliphatic rings. The number of rotatable bonds is 6. The second kappa shape index (κ2) is 6.83. The lowest BCUT2D eigenvalue weighted by Gasteiger charge is -2.21. The average molecular weight is 215 g/mol. The number of hydrogen-bond acceptors (Lipinski definition) is 2. The Hall–Kier alpha value is -0.570. The Labute approximate surface area is 93.6 Å². The first-order valence-electron chi connectivity index (χ1n) is 5.69. The third-order valence-electron chi connectivity index (χ3n) is 2.16. The molecule has 90 valence electrons. The molecule has 1 N–H and O–H groups in total. The number of hydrogen-bond donors (Lipinski definition) is 1. The molecule has 0 aliphatic heterocycles. The van der Waals surface area contributed by atoms with Crippen molar-refractivity contribution < 1.29 is 9.53 Å². The molecule has 15 heavy (non-hydrogen) atoms. The van der Waals surface area contributed by atoms with E-state index in [1.165, 1.54) is 0 Å². The molecular weight excluding hydrogens is 190 g/mol. The van der Waals surface area contributed by atoms with Gasteiger partial charge in [0.2, 0.25) is 5.91 Å². The molecular formula is C12H25NO2. The SMILES string of the molecule is CC(=O)NCCC(C)CCOC(C)(C)C. The number of amides is 1. The summed E-state index contributed by atoms with van der Waals surface area (Å²) in [5, 5.41) is 2.80. The van der Waals surface area contributed by atoms with E-state index < -0.39 is 0 Å². The summed E-state index contributed by atoms with van der Waals surface area (Å²) in [5.74, 6) is 0.646. The highest BCUT2D eigenvalue weighted by molar-refractivity contribution is 5.72. The van der Waals surface area contributed by atoms with E-state index in [4.69, 9.17) is 4.74 Å². The van der Waals surface area contributed by atoms with Gasteiger partial charge >= 0.3 is 0 Å². The second-order valence-corrected chi connectivity index (χ2v) is 5.13. The Morgan fingerprint density at radius 2 is 1.93 bits per heavy atom. The topological polar surface area (TPSA) is 38.3 Å². The maximum absolute atomic E-state index is 10.6. The summed E-state index contributed by atoms with van der Waals surface area (Å²) in [7, 11) is 0. The Kier molecular flexibility index (Phi) is 6.57. The largest absolute Gasteiger partial charge is 0.376 e. The normalized spacial score (nSPS) is 13.7. The lowest BCUT2D eigenvalue weighted by Crippen LogP contribution is -2.24. The van der Waals surface area contributed by atoms with Crippen molar-refractivity contribution in [2.24, 2.45) is 5.92 Å². The molecule has 0 aromatic rings. The summed E-state index contributed by atoms with van der Waals surface area (Å²) in [5.41, 5.74) is -0.0443. The average Bonchev–Trinajstić information content (AvgIpc) is 2.00. The molecule has 0 heterocycles. The standard InChI is InChI=1S/C12H25NO2/c1-10(6-8-13-11(2)14)7-9-15-12(3,4)5/h10H,6-9H2,1-5H3,(H,13,14). The summed E-state index contributed by atoms with van der Waals surface area (Å²) < 4.78 is 5.64. The first-order chi connectivity index (χ1) is 6.81. The molecule has 1 amide bonds. The van der Waals surface area contributed by atoms with Crippen molar-refractivity contribution in [3.63, 3.8) is 0 Å². The molecule has 0 radical (unpaired) electrons. The Bertz CT molecular complexity index is 185. The number of carbonyl (C=O) groups excluding carboxylic acids is 1. The van der Waals surface area contributed by atoms with Crippen LogP contribution in [0.4, 0.5) is 0 Å². The molecule has 0 saturated carbocycles. The highest BCUT2D eigenvalue weighted by atomic mass is 16.5. The van der Waals surface area contributed by atoms with E-state index in [0.717, 1.165) is 26.0 Å². The first kappa shape index (κ1) is 14.4. The van der Waals surface area contributed by atoms with E-state index in [-0.39, 0.29) is 11.5 Å². The fourth-order valence-electron chi connectivity index (χ4n) is 1.21. The van der Waals surface area contributed by atoms with Crippen molar-refractivity contribution in [3.05, 3.63) is 0 Å². The number of carbonyl (C=O) groups is 1. The van der Waals surface area contributed by atoms with Crippen LogP contribution in [0, 0.1) is 5.92 Å². The predicted octanol–water partition coefficient (Wildman–Crippen LogP) is 2.35. The highest BCUT2D eigenvalue weighted by Gasteiger charge is 2.10. The van der Waals surface area contributed by atoms with E-state index in [1.54, 1.807) is 6.92 Å². The summed E-state index contributed by atoms with van der Waals surface area (Å²) in [6.07, 6.45) is 2.07. The third kappa shape index (κ3) is 11.4. The van der Waals surface area contributed by atoms with E-state index in [0.29, 0.717) is 5.92 Å². The van der Waals surface area contributed by atoms with Crippen LogP contribution in [0.15, 0.2) is 0 Å². The third-order valence-corrected chi connectivity index (χ3v) is 2.16. The van der Waals surface area contributed by atoms with Crippen molar-refractivity contribution in [3.8, 4) is 0 Å². The molecule has 0 aliphatic carbocycles. The van der Waals surface area contributed by atoms with Crippen LogP contribution in [0.2, 0.25) is 0 Å². The van der Waals surface area contributed by atoms with Gasteiger partial charge in [0, 0.05) is 20.1 Å². The van der Waals surface area contributed by atoms with Crippen molar-refractivity contribution >= 4 is 5.91 Å². The Morgan fingerprint density at radius 3 is 2.40 bits per heavy atom. The van der Waals surface area contributed by atoms with Crippen LogP contribution < -0.4 is 5.32 Å². The monoisotopic (exact) mass is 215 g/mol. The van der Waals surface area contributed by atoms with E-state index >= 15 is 0 Å². The summed E-state index contributed by atoms with van der Waals surface area (Å²) >= 11 is 0. The van der Waals surface area contributed by atoms with E-state index in [2.05, 4.69) is 33.0 Å². The van der Waals surface area contributed by atoms with Gasteiger partial charge in [-0.3, -0.25) is 4.79 Å². The maximum Gasteiger partial charge on any atom is 0.216 e. The van der Waals surface area contributed by atoms with Gasteiger partial charge in [0.25, 0.3) is 0 Å². The molecule has 1 atom stereocenters. The minimum Gasteiger partial charge on any atom is -0.376 e. The van der Waals surface area contributed by atoms with E-state index in [1.807, 2.05) is 0 Å². The maximum atomic E-state index is 10.6. The lowest BCUT2D eigenvalue weighted by molar-refractivity contribution is -0.118. The molecule has 0 aromatic heterocycles. The zero-order chi connectivity index (χ0) is 11.9. The number of ether oxygens (including phenoxy) is 1. The van der Waals surface area contributed by atoms with Gasteiger partial charge in [-0.15, -0.1) is 0 Å². The molecule has 0 saturated heterocycles. The van der Waals surface area contributed by atoms with Crippen molar-refractivity contribution in [2.75, 3.05) is 13.2 Å². The summed E-state index contributed by atoms with van der Waals surface area (Å²) in [6, 6.07) is 0. The minimum atomic E-state index is -0.0443. The highest BCUT2D eigenvalue weighted by Crippen LogP contribution is 2.11. The van der Waals surface area contributed by atoms with Crippen LogP contribution in [-0.2, 0) is 9.53 Å². The zero-order valence-electron chi connectivity index (χ0n) is 10.7. The van der Waals surface area contributed by atoms with Crippen LogP contribution in [0.5, 0.6) is 0 Å². The van der Waals surface area contributed by atoms with Gasteiger partial charge in [0.1, 0.15) is 0 Å². The van der Waals surface area contributed by atoms with Crippen LogP contribution in [-0.4, -0.2) is 24.7 Å². The van der Waals surface area contributed by atoms with Crippen molar-refractivity contribution in [2.45, 2.75) is 53.1 Å². The fraction of sp³-hybridized carbons (Fsp3) is 0.917. The Morgan fingerprint density at radius 1 is 1.33 bits per heavy atom. The molecule has 1 unspecified atom stereocenters. The van der Waals surface area contributed by atoms with Gasteiger partial charge in [-0.25, -0.2) is 0 Å². The lowest BCUT2D eigenvalue weighted by atomic mass is 10.0. The van der Waals surface area contributed by atoms with Crippen LogP contribution in [0.3, 0.4) is 0 Å². The summed E-state index contributed by atoms with van der Waals surface area (Å²) in [4.78, 5) is 10.6. The second-order valence-electron chi connectivity index (χ2n) is 5.13. The quantitative estimate of drug-likeness (QED) is 0.738. The Balaban J connectivity index is 3.41. The molecule has 3 nitrogen and oxygen atoms in total. The van der Waals surface area contributed by atoms with Crippen molar-refractivity contribution in [1.29, 1.82) is 0 Å². The zero-order valence-corrected chi connectivity index (χ0v) is 10.7. The van der Waals surface area contributed by atoms with Crippen molar-refractivity contribution in [1.82, 2.24) is 5.32 Å². The predicted molar refractivity (Wildman–Crippen MR) is 62.8 cm³/mol. The van der Waals surface area contributed by atoms with Gasteiger partial charge in [0.05, 0.1) is 5.60 Å². The molecule has 0 aromatic carbocycles. The van der Waals surface area contributed by atoms with Gasteiger partial charge in [0.15, 0.2) is 0 Å². The fourth-order valence-corrected chi connectivity index (χ4v) is 1.21. The summed E-state index contributed by atoms with van der Waals surface area (Å²) in [6.45, 7) is 11.5. The smallest absolute Gasteiger partial charge is 0.216 e. The molecule has 3 heteroatoms.